The highest BCUT2D eigenvalue weighted by atomic mass is 16.5. The molecule has 1 aliphatic heterocycles. The van der Waals surface area contributed by atoms with E-state index in [-0.39, 0.29) is 31.6 Å². The van der Waals surface area contributed by atoms with Crippen LogP contribution in [0.3, 0.4) is 0 Å². The average molecular weight is 258 g/mol. The summed E-state index contributed by atoms with van der Waals surface area (Å²) in [5.74, 6) is 4.96. The summed E-state index contributed by atoms with van der Waals surface area (Å²) in [7, 11) is 0. The van der Waals surface area contributed by atoms with Crippen LogP contribution in [0.2, 0.25) is 0 Å². The number of hydrogen-bond donors (Lipinski definition) is 1. The van der Waals surface area contributed by atoms with E-state index in [0.717, 1.165) is 16.0 Å². The molecule has 0 radical (unpaired) electrons. The van der Waals surface area contributed by atoms with Crippen molar-refractivity contribution in [2.24, 2.45) is 5.73 Å². The van der Waals surface area contributed by atoms with Crippen molar-refractivity contribution in [3.05, 3.63) is 29.3 Å². The van der Waals surface area contributed by atoms with Crippen LogP contribution < -0.4 is 10.6 Å². The Bertz CT molecular complexity index is 568. The molecule has 98 valence electrons. The van der Waals surface area contributed by atoms with Gasteiger partial charge in [-0.25, -0.2) is 4.90 Å². The zero-order valence-corrected chi connectivity index (χ0v) is 10.6. The fraction of sp³-hybridized carbons (Fsp3) is 0.286. The summed E-state index contributed by atoms with van der Waals surface area (Å²) >= 11 is 0. The van der Waals surface area contributed by atoms with Gasteiger partial charge in [-0.15, -0.1) is 0 Å². The van der Waals surface area contributed by atoms with E-state index in [4.69, 9.17) is 10.5 Å². The first-order valence-electron chi connectivity index (χ1n) is 5.86. The molecule has 1 aliphatic rings. The number of carbonyl (C=O) groups excluding carboxylic acids is 2. The molecule has 2 amide bonds. The number of rotatable bonds is 1. The second kappa shape index (κ2) is 5.65. The maximum Gasteiger partial charge on any atom is 0.259 e. The minimum atomic E-state index is -0.363. The summed E-state index contributed by atoms with van der Waals surface area (Å²) in [5, 5.41) is 0. The molecule has 0 atom stereocenters. The molecule has 0 aliphatic carbocycles. The van der Waals surface area contributed by atoms with Gasteiger partial charge in [0, 0.05) is 5.56 Å². The molecule has 0 spiro atoms. The van der Waals surface area contributed by atoms with E-state index in [1.165, 1.54) is 0 Å². The number of morpholine rings is 1. The summed E-state index contributed by atoms with van der Waals surface area (Å²) in [6, 6.07) is 5.27. The van der Waals surface area contributed by atoms with Gasteiger partial charge in [0.15, 0.2) is 0 Å². The van der Waals surface area contributed by atoms with Crippen LogP contribution in [0.1, 0.15) is 11.1 Å². The zero-order valence-electron chi connectivity index (χ0n) is 10.6. The third kappa shape index (κ3) is 2.81. The number of nitrogens with zero attached hydrogens (tertiary/aromatic N) is 1. The monoisotopic (exact) mass is 258 g/mol. The summed E-state index contributed by atoms with van der Waals surface area (Å²) in [6.07, 6.45) is 0. The molecule has 1 aromatic carbocycles. The number of ether oxygens (including phenoxy) is 1. The predicted molar refractivity (Wildman–Crippen MR) is 70.4 cm³/mol. The van der Waals surface area contributed by atoms with Crippen LogP contribution in [0.4, 0.5) is 5.69 Å². The number of imide groups is 1. The maximum absolute atomic E-state index is 11.7. The molecule has 1 aromatic rings. The van der Waals surface area contributed by atoms with Gasteiger partial charge in [0.1, 0.15) is 13.2 Å². The Labute approximate surface area is 111 Å². The van der Waals surface area contributed by atoms with Gasteiger partial charge in [0.25, 0.3) is 11.8 Å². The van der Waals surface area contributed by atoms with Gasteiger partial charge in [-0.05, 0) is 24.6 Å². The van der Waals surface area contributed by atoms with E-state index in [2.05, 4.69) is 11.8 Å². The molecule has 19 heavy (non-hydrogen) atoms. The fourth-order valence-electron chi connectivity index (χ4n) is 1.81. The zero-order chi connectivity index (χ0) is 13.8. The number of aryl methyl sites for hydroxylation is 1. The van der Waals surface area contributed by atoms with Crippen LogP contribution in [0.15, 0.2) is 18.2 Å². The summed E-state index contributed by atoms with van der Waals surface area (Å²) in [5.41, 5.74) is 7.59. The second-order valence-electron chi connectivity index (χ2n) is 4.12. The average Bonchev–Trinajstić information content (AvgIpc) is 2.39. The lowest BCUT2D eigenvalue weighted by atomic mass is 10.1. The first kappa shape index (κ1) is 13.3. The van der Waals surface area contributed by atoms with Gasteiger partial charge in [-0.3, -0.25) is 9.59 Å². The van der Waals surface area contributed by atoms with Crippen molar-refractivity contribution in [1.82, 2.24) is 0 Å². The number of benzene rings is 1. The van der Waals surface area contributed by atoms with Crippen LogP contribution >= 0.6 is 0 Å². The Kier molecular flexibility index (Phi) is 3.95. The van der Waals surface area contributed by atoms with Crippen molar-refractivity contribution in [2.45, 2.75) is 6.92 Å². The Hall–Kier alpha value is -2.16. The first-order chi connectivity index (χ1) is 9.13. The normalized spacial score (nSPS) is 15.2. The Balaban J connectivity index is 2.39. The van der Waals surface area contributed by atoms with E-state index in [1.807, 2.05) is 13.0 Å². The lowest BCUT2D eigenvalue weighted by Crippen LogP contribution is -2.46. The number of hydrogen-bond acceptors (Lipinski definition) is 4. The molecular weight excluding hydrogens is 244 g/mol. The van der Waals surface area contributed by atoms with Crippen LogP contribution in [0.5, 0.6) is 0 Å². The second-order valence-corrected chi connectivity index (χ2v) is 4.12. The van der Waals surface area contributed by atoms with Crippen LogP contribution in [0.25, 0.3) is 0 Å². The highest BCUT2D eigenvalue weighted by Gasteiger charge is 2.28. The minimum Gasteiger partial charge on any atom is -0.362 e. The molecule has 0 saturated carbocycles. The lowest BCUT2D eigenvalue weighted by molar-refractivity contribution is -0.138. The van der Waals surface area contributed by atoms with Crippen LogP contribution in [-0.4, -0.2) is 31.6 Å². The van der Waals surface area contributed by atoms with E-state index in [9.17, 15) is 9.59 Å². The van der Waals surface area contributed by atoms with E-state index in [0.29, 0.717) is 5.69 Å². The van der Waals surface area contributed by atoms with Gasteiger partial charge in [-0.1, -0.05) is 17.9 Å². The molecule has 0 unspecified atom stereocenters. The fourth-order valence-corrected chi connectivity index (χ4v) is 1.81. The molecular formula is C14H14N2O3. The van der Waals surface area contributed by atoms with Crippen molar-refractivity contribution < 1.29 is 14.3 Å². The Morgan fingerprint density at radius 1 is 1.32 bits per heavy atom. The molecule has 1 heterocycles. The standard InChI is InChI=1S/C14H14N2O3/c1-10-4-5-12(7-11(10)3-2-6-15)16-13(17)8-19-9-14(16)18/h4-5,7H,6,8-9,15H2,1H3. The predicted octanol–water partition coefficient (Wildman–Crippen LogP) is 0.195. The quantitative estimate of drug-likeness (QED) is 0.576. The SMILES string of the molecule is Cc1ccc(N2C(=O)COCC2=O)cc1C#CCN. The number of nitrogens with two attached hydrogens (primary N) is 1. The third-order valence-corrected chi connectivity index (χ3v) is 2.75. The molecule has 0 aromatic heterocycles. The smallest absolute Gasteiger partial charge is 0.259 e. The summed E-state index contributed by atoms with van der Waals surface area (Å²) < 4.78 is 4.88. The molecule has 2 N–H and O–H groups in total. The molecule has 1 saturated heterocycles. The Morgan fingerprint density at radius 2 is 2.00 bits per heavy atom. The van der Waals surface area contributed by atoms with E-state index >= 15 is 0 Å². The maximum atomic E-state index is 11.7. The lowest BCUT2D eigenvalue weighted by Gasteiger charge is -2.25. The van der Waals surface area contributed by atoms with Crippen molar-refractivity contribution >= 4 is 17.5 Å². The summed E-state index contributed by atoms with van der Waals surface area (Å²) in [6.45, 7) is 2.01. The highest BCUT2D eigenvalue weighted by Crippen LogP contribution is 2.21. The van der Waals surface area contributed by atoms with Gasteiger partial charge < -0.3 is 10.5 Å². The van der Waals surface area contributed by atoms with Crippen LogP contribution in [-0.2, 0) is 14.3 Å². The van der Waals surface area contributed by atoms with Gasteiger partial charge in [0.05, 0.1) is 12.2 Å². The van der Waals surface area contributed by atoms with Crippen LogP contribution in [0, 0.1) is 18.8 Å². The van der Waals surface area contributed by atoms with E-state index < -0.39 is 0 Å². The van der Waals surface area contributed by atoms with Gasteiger partial charge in [-0.2, -0.15) is 0 Å². The number of amides is 2. The third-order valence-electron chi connectivity index (χ3n) is 2.75. The topological polar surface area (TPSA) is 72.6 Å². The highest BCUT2D eigenvalue weighted by molar-refractivity contribution is 6.17. The van der Waals surface area contributed by atoms with E-state index in [1.54, 1.807) is 12.1 Å². The Morgan fingerprint density at radius 3 is 2.63 bits per heavy atom. The number of carbonyl (C=O) groups is 2. The largest absolute Gasteiger partial charge is 0.362 e. The molecule has 5 heteroatoms. The molecule has 0 bridgehead atoms. The van der Waals surface area contributed by atoms with Gasteiger partial charge in [0.2, 0.25) is 0 Å². The molecule has 5 nitrogen and oxygen atoms in total. The number of anilines is 1. The molecule has 1 fully saturated rings. The minimum absolute atomic E-state index is 0.0799. The van der Waals surface area contributed by atoms with Gasteiger partial charge >= 0.3 is 0 Å². The molecule has 2 rings (SSSR count). The van der Waals surface area contributed by atoms with Crippen molar-refractivity contribution in [2.75, 3.05) is 24.7 Å². The summed E-state index contributed by atoms with van der Waals surface area (Å²) in [4.78, 5) is 24.6. The van der Waals surface area contributed by atoms with Crippen molar-refractivity contribution in [1.29, 1.82) is 0 Å². The first-order valence-corrected chi connectivity index (χ1v) is 5.86. The van der Waals surface area contributed by atoms with Crippen molar-refractivity contribution in [3.8, 4) is 11.8 Å². The van der Waals surface area contributed by atoms with Crippen molar-refractivity contribution in [3.63, 3.8) is 0 Å².